The number of aromatic nitrogens is 4. The third-order valence-electron chi connectivity index (χ3n) is 3.72. The van der Waals surface area contributed by atoms with Gasteiger partial charge in [0.25, 0.3) is 0 Å². The fourth-order valence-electron chi connectivity index (χ4n) is 2.66. The van der Waals surface area contributed by atoms with Gasteiger partial charge >= 0.3 is 0 Å². The molecule has 3 rings (SSSR count). The second-order valence-electron chi connectivity index (χ2n) is 5.06. The van der Waals surface area contributed by atoms with Crippen molar-refractivity contribution in [2.75, 3.05) is 11.1 Å². The van der Waals surface area contributed by atoms with E-state index in [-0.39, 0.29) is 11.2 Å². The molecule has 1 atom stereocenters. The lowest BCUT2D eigenvalue weighted by Crippen LogP contribution is -2.12. The van der Waals surface area contributed by atoms with E-state index in [1.807, 2.05) is 25.6 Å². The highest BCUT2D eigenvalue weighted by molar-refractivity contribution is 8.00. The van der Waals surface area contributed by atoms with Crippen LogP contribution in [0.1, 0.15) is 33.5 Å². The number of thioether (sulfide) groups is 1. The number of carbonyl (C=O) groups excluding carboxylic acids is 1. The van der Waals surface area contributed by atoms with Crippen LogP contribution in [0.5, 0.6) is 0 Å². The smallest absolute Gasteiger partial charge is 0.235 e. The number of aryl methyl sites for hydroxylation is 3. The van der Waals surface area contributed by atoms with Crippen LogP contribution in [-0.2, 0) is 11.8 Å². The number of rotatable bonds is 1. The van der Waals surface area contributed by atoms with E-state index in [2.05, 4.69) is 27.5 Å². The summed E-state index contributed by atoms with van der Waals surface area (Å²) in [7, 11) is 1.94. The first kappa shape index (κ1) is 13.2. The maximum atomic E-state index is 11.8. The lowest BCUT2D eigenvalue weighted by atomic mass is 10.0. The van der Waals surface area contributed by atoms with E-state index in [0.717, 1.165) is 22.6 Å². The SMILES string of the molecule is Cc1nn(C)c(C)c1C1SCC(=O)Nc2n[nH]c(C)c21. The van der Waals surface area contributed by atoms with Gasteiger partial charge in [0.1, 0.15) is 0 Å². The number of hydrogen-bond donors (Lipinski definition) is 2. The van der Waals surface area contributed by atoms with Crippen LogP contribution in [0.2, 0.25) is 0 Å². The maximum Gasteiger partial charge on any atom is 0.235 e. The highest BCUT2D eigenvalue weighted by atomic mass is 32.2. The average Bonchev–Trinajstić information content (AvgIpc) is 2.78. The summed E-state index contributed by atoms with van der Waals surface area (Å²) in [5, 5.41) is 14.6. The molecule has 0 aromatic carbocycles. The highest BCUT2D eigenvalue weighted by Gasteiger charge is 2.31. The minimum absolute atomic E-state index is 0.00977. The average molecular weight is 291 g/mol. The molecule has 20 heavy (non-hydrogen) atoms. The summed E-state index contributed by atoms with van der Waals surface area (Å²) >= 11 is 1.62. The van der Waals surface area contributed by atoms with Crippen molar-refractivity contribution in [2.45, 2.75) is 26.0 Å². The summed E-state index contributed by atoms with van der Waals surface area (Å²) in [6.07, 6.45) is 0. The van der Waals surface area contributed by atoms with Crippen molar-refractivity contribution >= 4 is 23.5 Å². The Morgan fingerprint density at radius 1 is 1.30 bits per heavy atom. The van der Waals surface area contributed by atoms with E-state index in [9.17, 15) is 4.79 Å². The monoisotopic (exact) mass is 291 g/mol. The molecule has 0 fully saturated rings. The van der Waals surface area contributed by atoms with Crippen molar-refractivity contribution in [3.63, 3.8) is 0 Å². The number of nitrogens with one attached hydrogen (secondary N) is 2. The van der Waals surface area contributed by atoms with Crippen LogP contribution in [0.25, 0.3) is 0 Å². The molecule has 0 aliphatic carbocycles. The van der Waals surface area contributed by atoms with Gasteiger partial charge in [-0.25, -0.2) is 0 Å². The largest absolute Gasteiger partial charge is 0.308 e. The van der Waals surface area contributed by atoms with E-state index >= 15 is 0 Å². The summed E-state index contributed by atoms with van der Waals surface area (Å²) < 4.78 is 1.89. The molecule has 1 aliphatic rings. The molecule has 0 saturated heterocycles. The summed E-state index contributed by atoms with van der Waals surface area (Å²) in [6.45, 7) is 6.06. The minimum Gasteiger partial charge on any atom is -0.308 e. The normalized spacial score (nSPS) is 18.6. The number of carbonyl (C=O) groups is 1. The quantitative estimate of drug-likeness (QED) is 0.840. The molecule has 2 N–H and O–H groups in total. The number of fused-ring (bicyclic) bond motifs is 1. The molecule has 0 spiro atoms. The molecule has 1 aliphatic heterocycles. The molecule has 3 heterocycles. The number of H-pyrrole nitrogens is 1. The van der Waals surface area contributed by atoms with Gasteiger partial charge in [0.2, 0.25) is 5.91 Å². The zero-order valence-electron chi connectivity index (χ0n) is 11.9. The molecular weight excluding hydrogens is 274 g/mol. The molecule has 1 amide bonds. The number of nitrogens with zero attached hydrogens (tertiary/aromatic N) is 3. The lowest BCUT2D eigenvalue weighted by molar-refractivity contribution is -0.113. The summed E-state index contributed by atoms with van der Waals surface area (Å²) in [6, 6.07) is 0. The number of aromatic amines is 1. The van der Waals surface area contributed by atoms with Crippen molar-refractivity contribution in [1.29, 1.82) is 0 Å². The van der Waals surface area contributed by atoms with Crippen LogP contribution >= 0.6 is 11.8 Å². The van der Waals surface area contributed by atoms with Crippen LogP contribution in [0, 0.1) is 20.8 Å². The van der Waals surface area contributed by atoms with E-state index < -0.39 is 0 Å². The molecule has 2 aromatic rings. The van der Waals surface area contributed by atoms with Gasteiger partial charge in [-0.15, -0.1) is 11.8 Å². The van der Waals surface area contributed by atoms with E-state index in [1.165, 1.54) is 5.56 Å². The van der Waals surface area contributed by atoms with Crippen LogP contribution in [0.15, 0.2) is 0 Å². The maximum absolute atomic E-state index is 11.8. The van der Waals surface area contributed by atoms with Crippen molar-refractivity contribution in [1.82, 2.24) is 20.0 Å². The van der Waals surface area contributed by atoms with Gasteiger partial charge in [-0.1, -0.05) is 0 Å². The molecule has 7 heteroatoms. The Morgan fingerprint density at radius 3 is 2.70 bits per heavy atom. The molecule has 6 nitrogen and oxygen atoms in total. The second-order valence-corrected chi connectivity index (χ2v) is 6.15. The van der Waals surface area contributed by atoms with Crippen LogP contribution in [0.4, 0.5) is 5.82 Å². The molecule has 0 saturated carbocycles. The summed E-state index contributed by atoms with van der Waals surface area (Å²) in [4.78, 5) is 11.8. The van der Waals surface area contributed by atoms with Crippen molar-refractivity contribution in [3.05, 3.63) is 28.2 Å². The zero-order valence-corrected chi connectivity index (χ0v) is 12.8. The molecule has 0 bridgehead atoms. The Morgan fingerprint density at radius 2 is 2.05 bits per heavy atom. The Labute approximate surface area is 121 Å². The molecule has 2 aromatic heterocycles. The lowest BCUT2D eigenvalue weighted by Gasteiger charge is -2.15. The molecule has 106 valence electrons. The van der Waals surface area contributed by atoms with Gasteiger partial charge in [0.15, 0.2) is 5.82 Å². The van der Waals surface area contributed by atoms with E-state index in [4.69, 9.17) is 0 Å². The fraction of sp³-hybridized carbons (Fsp3) is 0.462. The summed E-state index contributed by atoms with van der Waals surface area (Å²) in [5.74, 6) is 1.06. The Hall–Kier alpha value is -1.76. The predicted octanol–water partition coefficient (Wildman–Crippen LogP) is 1.84. The standard InChI is InChI=1S/C13H17N5OS/c1-6-11-12(10-7(2)17-18(4)8(10)3)20-5-9(19)14-13(11)16-15-6/h12H,5H2,1-4H3,(H2,14,15,16,19). The first-order valence-corrected chi connectivity index (χ1v) is 7.50. The van der Waals surface area contributed by atoms with Gasteiger partial charge in [-0.2, -0.15) is 10.2 Å². The fourth-order valence-corrected chi connectivity index (χ4v) is 4.01. The number of anilines is 1. The first-order valence-electron chi connectivity index (χ1n) is 6.45. The Kier molecular flexibility index (Phi) is 3.08. The number of amides is 1. The Balaban J connectivity index is 2.18. The summed E-state index contributed by atoms with van der Waals surface area (Å²) in [5.41, 5.74) is 5.35. The van der Waals surface area contributed by atoms with Gasteiger partial charge in [-0.3, -0.25) is 14.6 Å². The zero-order chi connectivity index (χ0) is 14.4. The van der Waals surface area contributed by atoms with Crippen LogP contribution < -0.4 is 5.32 Å². The predicted molar refractivity (Wildman–Crippen MR) is 78.9 cm³/mol. The molecule has 1 unspecified atom stereocenters. The van der Waals surface area contributed by atoms with Crippen LogP contribution in [0.3, 0.4) is 0 Å². The van der Waals surface area contributed by atoms with E-state index in [0.29, 0.717) is 11.6 Å². The van der Waals surface area contributed by atoms with Crippen molar-refractivity contribution in [2.24, 2.45) is 7.05 Å². The molecular formula is C13H17N5OS. The van der Waals surface area contributed by atoms with Gasteiger partial charge in [-0.05, 0) is 20.8 Å². The minimum atomic E-state index is -0.00977. The topological polar surface area (TPSA) is 75.6 Å². The van der Waals surface area contributed by atoms with Crippen molar-refractivity contribution in [3.8, 4) is 0 Å². The third-order valence-corrected chi connectivity index (χ3v) is 4.96. The second kappa shape index (κ2) is 4.66. The van der Waals surface area contributed by atoms with Crippen molar-refractivity contribution < 1.29 is 4.79 Å². The van der Waals surface area contributed by atoms with E-state index in [1.54, 1.807) is 11.8 Å². The van der Waals surface area contributed by atoms with Gasteiger partial charge in [0.05, 0.1) is 16.7 Å². The van der Waals surface area contributed by atoms with Gasteiger partial charge < -0.3 is 5.32 Å². The molecule has 0 radical (unpaired) electrons. The van der Waals surface area contributed by atoms with Crippen LogP contribution in [-0.4, -0.2) is 31.6 Å². The highest BCUT2D eigenvalue weighted by Crippen LogP contribution is 2.44. The number of hydrogen-bond acceptors (Lipinski definition) is 4. The third kappa shape index (κ3) is 1.93. The first-order chi connectivity index (χ1) is 9.49. The Bertz CT molecular complexity index is 687. The van der Waals surface area contributed by atoms with Gasteiger partial charge in [0, 0.05) is 29.6 Å².